The normalized spacial score (nSPS) is 18.0. The van der Waals surface area contributed by atoms with Gasteiger partial charge in [-0.3, -0.25) is 4.99 Å². The van der Waals surface area contributed by atoms with Crippen LogP contribution in [0.1, 0.15) is 12.0 Å². The van der Waals surface area contributed by atoms with Crippen LogP contribution in [0.5, 0.6) is 0 Å². The molecule has 0 N–H and O–H groups in total. The minimum Gasteiger partial charge on any atom is -0.314 e. The molecule has 11 rings (SSSR count). The van der Waals surface area contributed by atoms with Crippen LogP contribution in [0.3, 0.4) is 0 Å². The second kappa shape index (κ2) is 10.8. The molecule has 2 aromatic heterocycles. The molecule has 240 valence electrons. The van der Waals surface area contributed by atoms with Crippen LogP contribution >= 0.6 is 0 Å². The quantitative estimate of drug-likeness (QED) is 0.177. The first-order chi connectivity index (χ1) is 25.2. The monoisotopic (exact) mass is 651 g/mol. The molecule has 0 radical (unpaired) electrons. The molecule has 1 fully saturated rings. The van der Waals surface area contributed by atoms with Crippen molar-refractivity contribution in [3.8, 4) is 27.9 Å². The lowest BCUT2D eigenvalue weighted by Gasteiger charge is -2.21. The number of benzene rings is 7. The number of hydrogen-bond donors (Lipinski definition) is 0. The maximum Gasteiger partial charge on any atom is 0.143 e. The van der Waals surface area contributed by atoms with Crippen LogP contribution in [0.4, 0.5) is 0 Å². The second-order valence-corrected chi connectivity index (χ2v) is 14.0. The van der Waals surface area contributed by atoms with Crippen molar-refractivity contribution in [3.63, 3.8) is 0 Å². The van der Waals surface area contributed by atoms with Gasteiger partial charge in [0.1, 0.15) is 5.66 Å². The maximum absolute atomic E-state index is 5.35. The zero-order chi connectivity index (χ0) is 33.5. The molecule has 2 aliphatic rings. The Morgan fingerprint density at radius 2 is 0.961 bits per heavy atom. The number of aromatic nitrogens is 2. The van der Waals surface area contributed by atoms with E-state index in [-0.39, 0.29) is 5.66 Å². The smallest absolute Gasteiger partial charge is 0.143 e. The summed E-state index contributed by atoms with van der Waals surface area (Å²) in [5, 5.41) is 5.08. The fourth-order valence-corrected chi connectivity index (χ4v) is 8.60. The number of allylic oxidation sites excluding steroid dienone is 1. The Hall–Kier alpha value is -6.45. The number of dihydropyridines is 1. The van der Waals surface area contributed by atoms with Crippen molar-refractivity contribution >= 4 is 55.4 Å². The fraction of sp³-hybridized carbons (Fsp3) is 0.0625. The average Bonchev–Trinajstić information content (AvgIpc) is 3.71. The molecule has 0 bridgehead atoms. The maximum atomic E-state index is 5.35. The molecule has 51 heavy (non-hydrogen) atoms. The third kappa shape index (κ3) is 4.28. The highest BCUT2D eigenvalue weighted by Crippen LogP contribution is 2.58. The van der Waals surface area contributed by atoms with Gasteiger partial charge >= 0.3 is 0 Å². The zero-order valence-corrected chi connectivity index (χ0v) is 27.9. The molecule has 3 nitrogen and oxygen atoms in total. The first kappa shape index (κ1) is 28.4. The van der Waals surface area contributed by atoms with Gasteiger partial charge in [-0.05, 0) is 81.9 Å². The first-order valence-electron chi connectivity index (χ1n) is 17.8. The topological polar surface area (TPSA) is 22.2 Å². The summed E-state index contributed by atoms with van der Waals surface area (Å²) in [4.78, 5) is 5.35. The molecule has 9 aromatic rings. The summed E-state index contributed by atoms with van der Waals surface area (Å²) in [6.07, 6.45) is 5.56. The largest absolute Gasteiger partial charge is 0.314 e. The average molecular weight is 652 g/mol. The van der Waals surface area contributed by atoms with Crippen LogP contribution in [0.25, 0.3) is 77.1 Å². The van der Waals surface area contributed by atoms with Crippen LogP contribution in [-0.2, 0) is 5.66 Å². The molecule has 7 aromatic carbocycles. The fourth-order valence-electron chi connectivity index (χ4n) is 8.60. The molecule has 0 spiro atoms. The molecule has 0 saturated heterocycles. The van der Waals surface area contributed by atoms with Gasteiger partial charge in [-0.25, -0.2) is 0 Å². The van der Waals surface area contributed by atoms with E-state index in [2.05, 4.69) is 191 Å². The lowest BCUT2D eigenvalue weighted by molar-refractivity contribution is 0.512. The van der Waals surface area contributed by atoms with Crippen molar-refractivity contribution < 1.29 is 0 Å². The molecular formula is C48H33N3. The van der Waals surface area contributed by atoms with E-state index in [4.69, 9.17) is 4.99 Å². The Morgan fingerprint density at radius 1 is 0.451 bits per heavy atom. The van der Waals surface area contributed by atoms with Crippen molar-refractivity contribution in [2.75, 3.05) is 0 Å². The van der Waals surface area contributed by atoms with Gasteiger partial charge in [-0.1, -0.05) is 127 Å². The Morgan fingerprint density at radius 3 is 1.69 bits per heavy atom. The SMILES string of the molecule is C1=NC2(n3c4ccccc4c4cc(-c5ccc6c(c5)c5ccccc5n6-c5ccccc5)ccc43)C[C@@H]2C=C1c1ccc(-c2ccccc2)cc1. The second-order valence-electron chi connectivity index (χ2n) is 14.0. The molecule has 1 unspecified atom stereocenters. The van der Waals surface area contributed by atoms with E-state index >= 15 is 0 Å². The summed E-state index contributed by atoms with van der Waals surface area (Å²) in [7, 11) is 0. The Balaban J connectivity index is 0.983. The van der Waals surface area contributed by atoms with Gasteiger partial charge in [0.05, 0.1) is 22.1 Å². The highest BCUT2D eigenvalue weighted by molar-refractivity contribution is 6.14. The number of rotatable bonds is 5. The molecule has 1 aliphatic heterocycles. The summed E-state index contributed by atoms with van der Waals surface area (Å²) in [6.45, 7) is 0. The highest BCUT2D eigenvalue weighted by atomic mass is 15.3. The van der Waals surface area contributed by atoms with Crippen molar-refractivity contribution in [3.05, 3.63) is 181 Å². The molecule has 2 atom stereocenters. The summed E-state index contributed by atoms with van der Waals surface area (Å²) in [5.41, 5.74) is 13.2. The van der Waals surface area contributed by atoms with Crippen LogP contribution in [0, 0.1) is 5.92 Å². The van der Waals surface area contributed by atoms with Gasteiger partial charge in [-0.2, -0.15) is 0 Å². The zero-order valence-electron chi connectivity index (χ0n) is 27.9. The third-order valence-corrected chi connectivity index (χ3v) is 11.2. The molecule has 0 amide bonds. The van der Waals surface area contributed by atoms with E-state index in [0.717, 1.165) is 6.42 Å². The summed E-state index contributed by atoms with van der Waals surface area (Å²) in [6, 6.07) is 61.7. The first-order valence-corrected chi connectivity index (χ1v) is 17.8. The van der Waals surface area contributed by atoms with E-state index < -0.39 is 0 Å². The molecular weight excluding hydrogens is 619 g/mol. The molecule has 3 heteroatoms. The van der Waals surface area contributed by atoms with E-state index in [1.807, 2.05) is 0 Å². The molecule has 3 heterocycles. The Kier molecular flexibility index (Phi) is 6.00. The van der Waals surface area contributed by atoms with Gasteiger partial charge in [0, 0.05) is 45.8 Å². The van der Waals surface area contributed by atoms with Crippen LogP contribution in [0.2, 0.25) is 0 Å². The number of aliphatic imine (C=N–C) groups is 1. The van der Waals surface area contributed by atoms with E-state index in [1.54, 1.807) is 0 Å². The van der Waals surface area contributed by atoms with E-state index in [9.17, 15) is 0 Å². The highest BCUT2D eigenvalue weighted by Gasteiger charge is 2.57. The van der Waals surface area contributed by atoms with Crippen LogP contribution in [0.15, 0.2) is 181 Å². The lowest BCUT2D eigenvalue weighted by atomic mass is 9.99. The molecule has 1 aliphatic carbocycles. The van der Waals surface area contributed by atoms with Crippen molar-refractivity contribution in [1.82, 2.24) is 9.13 Å². The van der Waals surface area contributed by atoms with Gasteiger partial charge < -0.3 is 9.13 Å². The minimum atomic E-state index is -0.283. The van der Waals surface area contributed by atoms with Gasteiger partial charge in [0.2, 0.25) is 0 Å². The summed E-state index contributed by atoms with van der Waals surface area (Å²) < 4.78 is 4.89. The number of hydrogen-bond acceptors (Lipinski definition) is 1. The summed E-state index contributed by atoms with van der Waals surface area (Å²) in [5.74, 6) is 0.356. The Labute approximate surface area is 296 Å². The van der Waals surface area contributed by atoms with E-state index in [0.29, 0.717) is 5.92 Å². The molecule has 1 saturated carbocycles. The van der Waals surface area contributed by atoms with Crippen LogP contribution < -0.4 is 0 Å². The number of para-hydroxylation sites is 3. The van der Waals surface area contributed by atoms with Crippen LogP contribution in [-0.4, -0.2) is 15.3 Å². The summed E-state index contributed by atoms with van der Waals surface area (Å²) >= 11 is 0. The predicted octanol–water partition coefficient (Wildman–Crippen LogP) is 12.1. The van der Waals surface area contributed by atoms with Crippen molar-refractivity contribution in [2.45, 2.75) is 12.1 Å². The standard InChI is InChI=1S/C48H33N3/c1-3-11-32(12-4-1)33-19-21-34(22-20-33)37-27-38-30-48(38,49-31-37)51-46-18-10-8-16-41(46)43-29-36(24-26-47(43)51)35-23-25-45-42(28-35)40-15-7-9-17-44(40)50(45)39-13-5-2-6-14-39/h1-29,31,38H,30H2/t38-,48?/m0/s1. The minimum absolute atomic E-state index is 0.283. The number of fused-ring (bicyclic) bond motifs is 7. The van der Waals surface area contributed by atoms with Gasteiger partial charge in [0.15, 0.2) is 0 Å². The van der Waals surface area contributed by atoms with Gasteiger partial charge in [0.25, 0.3) is 0 Å². The third-order valence-electron chi connectivity index (χ3n) is 11.2. The predicted molar refractivity (Wildman–Crippen MR) is 214 cm³/mol. The van der Waals surface area contributed by atoms with Gasteiger partial charge in [-0.15, -0.1) is 0 Å². The van der Waals surface area contributed by atoms with Crippen molar-refractivity contribution in [2.24, 2.45) is 10.9 Å². The Bertz CT molecular complexity index is 2870. The lowest BCUT2D eigenvalue weighted by Crippen LogP contribution is -2.19. The van der Waals surface area contributed by atoms with Crippen molar-refractivity contribution in [1.29, 1.82) is 0 Å². The number of nitrogens with zero attached hydrogens (tertiary/aromatic N) is 3. The van der Waals surface area contributed by atoms with E-state index in [1.165, 1.54) is 82.7 Å².